The summed E-state index contributed by atoms with van der Waals surface area (Å²) in [6.45, 7) is 5.82. The number of benzene rings is 2. The van der Waals surface area contributed by atoms with Crippen molar-refractivity contribution in [3.63, 3.8) is 0 Å². The molecular weight excluding hydrogens is 608 g/mol. The van der Waals surface area contributed by atoms with Crippen molar-refractivity contribution in [1.29, 1.82) is 0 Å². The third-order valence-corrected chi connectivity index (χ3v) is 9.60. The Balaban J connectivity index is 1.40. The molecule has 250 valence electrons. The predicted octanol–water partition coefficient (Wildman–Crippen LogP) is 5.27. The van der Waals surface area contributed by atoms with Crippen LogP contribution in [0.25, 0.3) is 28.2 Å². The lowest BCUT2D eigenvalue weighted by Gasteiger charge is -2.29. The number of carboxylic acids is 1. The maximum absolute atomic E-state index is 14.2. The first-order chi connectivity index (χ1) is 23.2. The molecule has 1 aromatic heterocycles. The van der Waals surface area contributed by atoms with Gasteiger partial charge < -0.3 is 25.4 Å². The number of ether oxygens (including phenoxy) is 1. The molecule has 0 spiro atoms. The quantitative estimate of drug-likeness (QED) is 0.283. The first kappa shape index (κ1) is 32.9. The highest BCUT2D eigenvalue weighted by atomic mass is 16.5. The number of aromatic nitrogens is 1. The second-order valence-corrected chi connectivity index (χ2v) is 13.0. The SMILES string of the molecule is C=C[C@@H]1C[C@]1(NC(=O)[C@@H]1C[C@@H]2CN1C(=O)[C@H](CCCC)NC(=O)CCC/C=C\c1ccc3nc(-c4ccccc4)cc(c3c1)O2)C(=O)O. The van der Waals surface area contributed by atoms with Crippen molar-refractivity contribution in [2.45, 2.75) is 82.0 Å². The molecule has 10 nitrogen and oxygen atoms in total. The first-order valence-electron chi connectivity index (χ1n) is 16.8. The Morgan fingerprint density at radius 3 is 2.73 bits per heavy atom. The van der Waals surface area contributed by atoms with Gasteiger partial charge in [-0.25, -0.2) is 9.78 Å². The standard InChI is InChI=1S/C38H42N4O6/c1-3-5-15-30-36(45)42-23-27(20-32(42)35(44)41-38(37(46)47)22-26(38)4-2)48-33-21-31(25-13-9-7-10-14-25)39-29-18-17-24(19-28(29)33)12-8-6-11-16-34(43)40-30/h4,7-10,12-14,17-19,21,26-27,30,32H,2-3,5-6,11,15-16,20,22-23H2,1H3,(H,40,43)(H,41,44)(H,46,47)/b12-8-/t26-,27-,30+,32+,38-/m1/s1. The maximum atomic E-state index is 14.2. The minimum Gasteiger partial charge on any atom is -0.488 e. The van der Waals surface area contributed by atoms with E-state index in [2.05, 4.69) is 17.2 Å². The number of pyridine rings is 1. The highest BCUT2D eigenvalue weighted by Gasteiger charge is 2.61. The van der Waals surface area contributed by atoms with E-state index in [0.717, 1.165) is 34.1 Å². The van der Waals surface area contributed by atoms with Crippen LogP contribution in [0, 0.1) is 5.92 Å². The number of carbonyl (C=O) groups is 4. The van der Waals surface area contributed by atoms with Gasteiger partial charge >= 0.3 is 5.97 Å². The van der Waals surface area contributed by atoms with Crippen LogP contribution >= 0.6 is 0 Å². The van der Waals surface area contributed by atoms with E-state index in [1.54, 1.807) is 0 Å². The summed E-state index contributed by atoms with van der Waals surface area (Å²) in [4.78, 5) is 59.8. The summed E-state index contributed by atoms with van der Waals surface area (Å²) in [6, 6.07) is 15.8. The molecule has 3 N–H and O–H groups in total. The van der Waals surface area contributed by atoms with E-state index in [-0.39, 0.29) is 37.6 Å². The van der Waals surface area contributed by atoms with E-state index in [1.165, 1.54) is 11.0 Å². The van der Waals surface area contributed by atoms with Gasteiger partial charge in [0.05, 0.1) is 17.8 Å². The average molecular weight is 651 g/mol. The van der Waals surface area contributed by atoms with Crippen LogP contribution in [0.3, 0.4) is 0 Å². The topological polar surface area (TPSA) is 138 Å². The fourth-order valence-corrected chi connectivity index (χ4v) is 6.78. The molecule has 2 aromatic carbocycles. The number of aliphatic carboxylic acids is 1. The molecule has 3 aromatic rings. The Morgan fingerprint density at radius 1 is 1.19 bits per heavy atom. The minimum atomic E-state index is -1.45. The molecule has 6 rings (SSSR count). The van der Waals surface area contributed by atoms with Crippen molar-refractivity contribution in [1.82, 2.24) is 20.5 Å². The molecule has 5 atom stereocenters. The molecule has 0 radical (unpaired) electrons. The molecule has 2 fully saturated rings. The number of unbranched alkanes of at least 4 members (excludes halogenated alkanes) is 1. The predicted molar refractivity (Wildman–Crippen MR) is 183 cm³/mol. The number of carboxylic acid groups (broad SMARTS) is 1. The summed E-state index contributed by atoms with van der Waals surface area (Å²) in [5.41, 5.74) is 1.88. The molecule has 10 heteroatoms. The van der Waals surface area contributed by atoms with Gasteiger partial charge in [-0.3, -0.25) is 14.4 Å². The van der Waals surface area contributed by atoms with Crippen LogP contribution in [0.4, 0.5) is 0 Å². The number of fused-ring (bicyclic) bond motifs is 3. The molecule has 3 amide bonds. The number of nitrogens with zero attached hydrogens (tertiary/aromatic N) is 2. The van der Waals surface area contributed by atoms with Gasteiger partial charge in [-0.2, -0.15) is 0 Å². The van der Waals surface area contributed by atoms with Gasteiger partial charge in [0.1, 0.15) is 29.5 Å². The molecule has 1 saturated carbocycles. The molecule has 1 saturated heterocycles. The van der Waals surface area contributed by atoms with Crippen LogP contribution in [-0.2, 0) is 19.2 Å². The van der Waals surface area contributed by atoms with Gasteiger partial charge in [0.25, 0.3) is 0 Å². The molecule has 3 heterocycles. The Kier molecular flexibility index (Phi) is 9.61. The molecule has 2 aliphatic heterocycles. The second kappa shape index (κ2) is 14.0. The Bertz CT molecular complexity index is 1760. The van der Waals surface area contributed by atoms with E-state index in [0.29, 0.717) is 31.4 Å². The van der Waals surface area contributed by atoms with E-state index in [1.807, 2.05) is 73.7 Å². The van der Waals surface area contributed by atoms with Crippen LogP contribution in [0.1, 0.15) is 63.9 Å². The van der Waals surface area contributed by atoms with Gasteiger partial charge in [0.2, 0.25) is 17.7 Å². The van der Waals surface area contributed by atoms with Crippen molar-refractivity contribution in [3.05, 3.63) is 78.9 Å². The number of allylic oxidation sites excluding steroid dienone is 1. The summed E-state index contributed by atoms with van der Waals surface area (Å²) < 4.78 is 6.70. The van der Waals surface area contributed by atoms with Crippen molar-refractivity contribution >= 4 is 40.7 Å². The fraction of sp³-hybridized carbons (Fsp3) is 0.395. The number of nitrogens with one attached hydrogen (secondary N) is 2. The van der Waals surface area contributed by atoms with Crippen molar-refractivity contribution in [2.24, 2.45) is 5.92 Å². The van der Waals surface area contributed by atoms with E-state index >= 15 is 0 Å². The number of hydrogen-bond donors (Lipinski definition) is 3. The highest BCUT2D eigenvalue weighted by molar-refractivity contribution is 5.96. The molecular formula is C38H42N4O6. The van der Waals surface area contributed by atoms with Crippen molar-refractivity contribution in [2.75, 3.05) is 6.54 Å². The lowest BCUT2D eigenvalue weighted by Crippen LogP contribution is -2.56. The minimum absolute atomic E-state index is 0.0878. The van der Waals surface area contributed by atoms with E-state index in [4.69, 9.17) is 9.72 Å². The van der Waals surface area contributed by atoms with Gasteiger partial charge in [-0.1, -0.05) is 74.4 Å². The normalized spacial score (nSPS) is 26.3. The van der Waals surface area contributed by atoms with Gasteiger partial charge in [-0.05, 0) is 43.4 Å². The average Bonchev–Trinajstić information content (AvgIpc) is 3.65. The summed E-state index contributed by atoms with van der Waals surface area (Å²) in [7, 11) is 0. The lowest BCUT2D eigenvalue weighted by atomic mass is 10.0. The largest absolute Gasteiger partial charge is 0.488 e. The van der Waals surface area contributed by atoms with Crippen LogP contribution in [0.2, 0.25) is 0 Å². The summed E-state index contributed by atoms with van der Waals surface area (Å²) in [5, 5.41) is 16.5. The Labute approximate surface area is 280 Å². The van der Waals surface area contributed by atoms with Crippen molar-refractivity contribution < 1.29 is 29.0 Å². The highest BCUT2D eigenvalue weighted by Crippen LogP contribution is 2.45. The van der Waals surface area contributed by atoms with Gasteiger partial charge in [-0.15, -0.1) is 6.58 Å². The maximum Gasteiger partial charge on any atom is 0.330 e. The van der Waals surface area contributed by atoms with Crippen LogP contribution in [0.15, 0.2) is 73.3 Å². The Morgan fingerprint density at radius 2 is 2.00 bits per heavy atom. The number of rotatable bonds is 8. The molecule has 48 heavy (non-hydrogen) atoms. The zero-order chi connectivity index (χ0) is 33.8. The molecule has 3 aliphatic rings. The smallest absolute Gasteiger partial charge is 0.330 e. The van der Waals surface area contributed by atoms with Gasteiger partial charge in [0, 0.05) is 35.8 Å². The van der Waals surface area contributed by atoms with Gasteiger partial charge in [0.15, 0.2) is 0 Å². The van der Waals surface area contributed by atoms with Crippen LogP contribution in [-0.4, -0.2) is 69.0 Å². The van der Waals surface area contributed by atoms with Crippen molar-refractivity contribution in [3.8, 4) is 17.0 Å². The third kappa shape index (κ3) is 6.83. The first-order valence-corrected chi connectivity index (χ1v) is 16.8. The number of hydrogen-bond acceptors (Lipinski definition) is 6. The summed E-state index contributed by atoms with van der Waals surface area (Å²) in [5.74, 6) is -2.13. The van der Waals surface area contributed by atoms with E-state index in [9.17, 15) is 24.3 Å². The Hall–Kier alpha value is -4.99. The third-order valence-electron chi connectivity index (χ3n) is 9.60. The van der Waals surface area contributed by atoms with E-state index < -0.39 is 41.5 Å². The molecule has 0 unspecified atom stereocenters. The van der Waals surface area contributed by atoms with Crippen LogP contribution in [0.5, 0.6) is 5.75 Å². The zero-order valence-corrected chi connectivity index (χ0v) is 27.2. The zero-order valence-electron chi connectivity index (χ0n) is 27.2. The number of amides is 3. The monoisotopic (exact) mass is 650 g/mol. The molecule has 4 bridgehead atoms. The second-order valence-electron chi connectivity index (χ2n) is 13.0. The fourth-order valence-electron chi connectivity index (χ4n) is 6.78. The summed E-state index contributed by atoms with van der Waals surface area (Å²) >= 11 is 0. The van der Waals surface area contributed by atoms with Crippen LogP contribution < -0.4 is 15.4 Å². The molecule has 1 aliphatic carbocycles. The number of carbonyl (C=O) groups excluding carboxylic acids is 3. The lowest BCUT2D eigenvalue weighted by molar-refractivity contribution is -0.146. The summed E-state index contributed by atoms with van der Waals surface area (Å²) in [6.07, 6.45) is 8.88.